The lowest BCUT2D eigenvalue weighted by Gasteiger charge is -2.61. The minimum absolute atomic E-state index is 0.0814. The first-order valence-electron chi connectivity index (χ1n) is 21.5. The molecule has 2 nitrogen and oxygen atoms in total. The molecule has 9 atom stereocenters. The van der Waals surface area contributed by atoms with Gasteiger partial charge >= 0.3 is 5.97 Å². The third-order valence-corrected chi connectivity index (χ3v) is 14.8. The van der Waals surface area contributed by atoms with Crippen molar-refractivity contribution in [3.8, 4) is 0 Å². The zero-order valence-electron chi connectivity index (χ0n) is 32.5. The number of carbonyl (C=O) groups is 1. The van der Waals surface area contributed by atoms with E-state index in [2.05, 4.69) is 53.7 Å². The van der Waals surface area contributed by atoms with Gasteiger partial charge in [-0.2, -0.15) is 0 Å². The summed E-state index contributed by atoms with van der Waals surface area (Å²) in [7, 11) is 0. The van der Waals surface area contributed by atoms with Gasteiger partial charge in [0.1, 0.15) is 6.10 Å². The van der Waals surface area contributed by atoms with Crippen molar-refractivity contribution in [1.82, 2.24) is 0 Å². The molecule has 0 aliphatic heterocycles. The smallest absolute Gasteiger partial charge is 0.306 e. The van der Waals surface area contributed by atoms with Gasteiger partial charge in [-0.15, -0.1) is 0 Å². The molecule has 0 radical (unpaired) electrons. The van der Waals surface area contributed by atoms with Gasteiger partial charge in [-0.05, 0) is 142 Å². The summed E-state index contributed by atoms with van der Waals surface area (Å²) >= 11 is 0. The van der Waals surface area contributed by atoms with Gasteiger partial charge in [0.25, 0.3) is 0 Å². The molecule has 47 heavy (non-hydrogen) atoms. The van der Waals surface area contributed by atoms with E-state index in [1.54, 1.807) is 0 Å². The fourth-order valence-corrected chi connectivity index (χ4v) is 11.9. The third-order valence-electron chi connectivity index (χ3n) is 14.8. The van der Waals surface area contributed by atoms with E-state index in [1.165, 1.54) is 141 Å². The Morgan fingerprint density at radius 3 is 2.04 bits per heavy atom. The zero-order chi connectivity index (χ0) is 33.7. The molecule has 0 saturated heterocycles. The van der Waals surface area contributed by atoms with Crippen LogP contribution in [0.1, 0.15) is 208 Å². The Kier molecular flexibility index (Phi) is 16.2. The average molecular weight is 653 g/mol. The van der Waals surface area contributed by atoms with Crippen LogP contribution >= 0.6 is 0 Å². The van der Waals surface area contributed by atoms with Gasteiger partial charge in [0, 0.05) is 6.42 Å². The van der Waals surface area contributed by atoms with Gasteiger partial charge in [0.2, 0.25) is 0 Å². The largest absolute Gasteiger partial charge is 0.462 e. The van der Waals surface area contributed by atoms with Crippen LogP contribution in [0.2, 0.25) is 0 Å². The summed E-state index contributed by atoms with van der Waals surface area (Å²) < 4.78 is 6.17. The van der Waals surface area contributed by atoms with Gasteiger partial charge in [-0.3, -0.25) is 4.79 Å². The minimum Gasteiger partial charge on any atom is -0.462 e. The maximum absolute atomic E-state index is 12.8. The number of fused-ring (bicyclic) bond motifs is 5. The number of esters is 1. The Morgan fingerprint density at radius 2 is 1.34 bits per heavy atom. The van der Waals surface area contributed by atoms with Crippen LogP contribution in [0.25, 0.3) is 0 Å². The molecular formula is C45H80O2. The maximum atomic E-state index is 12.8. The molecule has 4 rings (SSSR count). The van der Waals surface area contributed by atoms with Crippen molar-refractivity contribution in [2.75, 3.05) is 0 Å². The highest BCUT2D eigenvalue weighted by atomic mass is 16.5. The minimum atomic E-state index is 0.0814. The van der Waals surface area contributed by atoms with Crippen LogP contribution < -0.4 is 0 Å². The molecule has 0 aromatic rings. The molecule has 4 fully saturated rings. The third kappa shape index (κ3) is 10.8. The standard InChI is InChI=1S/C45H80O2/c1-7-8-9-10-11-12-13-14-15-16-17-18-19-20-21-25-43(46)47-38-30-32-44(5)37(34-38)26-27-39-41-29-28-40(36(4)24-22-23-35(2)3)45(41,6)33-31-42(39)44/h14-15,35-42H,7-13,16-34H2,1-6H3/t36-,37?,38?,39?,40-,41?,42?,44+,45-/m1/s1. The molecule has 272 valence electrons. The summed E-state index contributed by atoms with van der Waals surface area (Å²) in [5.74, 6) is 6.33. The van der Waals surface area contributed by atoms with E-state index in [1.807, 2.05) is 0 Å². The van der Waals surface area contributed by atoms with Crippen LogP contribution in [-0.2, 0) is 9.53 Å². The molecule has 0 bridgehead atoms. The van der Waals surface area contributed by atoms with E-state index in [9.17, 15) is 4.79 Å². The lowest BCUT2D eigenvalue weighted by atomic mass is 9.44. The van der Waals surface area contributed by atoms with E-state index in [0.717, 1.165) is 60.7 Å². The first-order valence-corrected chi connectivity index (χ1v) is 21.5. The van der Waals surface area contributed by atoms with Crippen LogP contribution in [0.5, 0.6) is 0 Å². The normalized spacial score (nSPS) is 34.3. The van der Waals surface area contributed by atoms with Gasteiger partial charge in [-0.1, -0.05) is 124 Å². The maximum Gasteiger partial charge on any atom is 0.306 e. The number of carbonyl (C=O) groups excluding carboxylic acids is 1. The second kappa shape index (κ2) is 19.6. The predicted molar refractivity (Wildman–Crippen MR) is 202 cm³/mol. The summed E-state index contributed by atoms with van der Waals surface area (Å²) in [5, 5.41) is 0. The molecule has 0 aromatic heterocycles. The lowest BCUT2D eigenvalue weighted by Crippen LogP contribution is -2.54. The monoisotopic (exact) mass is 653 g/mol. The number of hydrogen-bond donors (Lipinski definition) is 0. The average Bonchev–Trinajstić information content (AvgIpc) is 3.40. The van der Waals surface area contributed by atoms with Crippen LogP contribution in [0, 0.1) is 52.3 Å². The fourth-order valence-electron chi connectivity index (χ4n) is 11.9. The van der Waals surface area contributed by atoms with Crippen molar-refractivity contribution in [3.63, 3.8) is 0 Å². The van der Waals surface area contributed by atoms with E-state index in [-0.39, 0.29) is 12.1 Å². The van der Waals surface area contributed by atoms with Crippen LogP contribution in [0.3, 0.4) is 0 Å². The fraction of sp³-hybridized carbons (Fsp3) is 0.933. The van der Waals surface area contributed by atoms with Gasteiger partial charge in [0.05, 0.1) is 0 Å². The molecule has 0 amide bonds. The first-order chi connectivity index (χ1) is 22.7. The van der Waals surface area contributed by atoms with Crippen molar-refractivity contribution >= 4 is 5.97 Å². The summed E-state index contributed by atoms with van der Waals surface area (Å²) in [4.78, 5) is 12.8. The number of ether oxygens (including phenoxy) is 1. The van der Waals surface area contributed by atoms with Crippen LogP contribution in [0.4, 0.5) is 0 Å². The van der Waals surface area contributed by atoms with Gasteiger partial charge in [-0.25, -0.2) is 0 Å². The Balaban J connectivity index is 1.10. The molecule has 4 aliphatic rings. The Morgan fingerprint density at radius 1 is 0.702 bits per heavy atom. The summed E-state index contributed by atoms with van der Waals surface area (Å²) in [6.07, 6.45) is 38.9. The molecule has 0 N–H and O–H groups in total. The predicted octanol–water partition coefficient (Wildman–Crippen LogP) is 14.1. The van der Waals surface area contributed by atoms with Crippen molar-refractivity contribution in [3.05, 3.63) is 12.2 Å². The van der Waals surface area contributed by atoms with Crippen molar-refractivity contribution in [2.45, 2.75) is 215 Å². The number of hydrogen-bond acceptors (Lipinski definition) is 2. The van der Waals surface area contributed by atoms with Crippen LogP contribution in [0.15, 0.2) is 12.2 Å². The molecule has 4 saturated carbocycles. The molecule has 0 spiro atoms. The lowest BCUT2D eigenvalue weighted by molar-refractivity contribution is -0.162. The molecule has 0 heterocycles. The number of rotatable bonds is 21. The Labute approximate surface area is 293 Å². The van der Waals surface area contributed by atoms with Crippen molar-refractivity contribution in [2.24, 2.45) is 52.3 Å². The van der Waals surface area contributed by atoms with Crippen LogP contribution in [-0.4, -0.2) is 12.1 Å². The van der Waals surface area contributed by atoms with Crippen molar-refractivity contribution < 1.29 is 9.53 Å². The summed E-state index contributed by atoms with van der Waals surface area (Å²) in [6, 6.07) is 0. The number of unbranched alkanes of at least 4 members (excludes halogenated alkanes) is 11. The second-order valence-corrected chi connectivity index (χ2v) is 18.4. The molecule has 0 aromatic carbocycles. The van der Waals surface area contributed by atoms with E-state index in [4.69, 9.17) is 4.74 Å². The molecule has 5 unspecified atom stereocenters. The first kappa shape index (κ1) is 39.0. The van der Waals surface area contributed by atoms with Gasteiger partial charge < -0.3 is 4.74 Å². The highest BCUT2D eigenvalue weighted by molar-refractivity contribution is 5.69. The van der Waals surface area contributed by atoms with E-state index >= 15 is 0 Å². The SMILES string of the molecule is CCCCCCCCC=CCCCCCCCC(=O)OC1CC[C@@]2(C)C(CCC3C2CC[C@@]2(C)C3CC[C@@H]2[C@H](C)CCCC(C)C)C1. The summed E-state index contributed by atoms with van der Waals surface area (Å²) in [6.45, 7) is 15.0. The molecule has 2 heteroatoms. The van der Waals surface area contributed by atoms with E-state index < -0.39 is 0 Å². The molecular weight excluding hydrogens is 572 g/mol. The zero-order valence-corrected chi connectivity index (χ0v) is 32.5. The Bertz CT molecular complexity index is 921. The van der Waals surface area contributed by atoms with Gasteiger partial charge in [0.15, 0.2) is 0 Å². The highest BCUT2D eigenvalue weighted by Gasteiger charge is 2.60. The highest BCUT2D eigenvalue weighted by Crippen LogP contribution is 2.68. The topological polar surface area (TPSA) is 26.3 Å². The summed E-state index contributed by atoms with van der Waals surface area (Å²) in [5.41, 5.74) is 1.05. The van der Waals surface area contributed by atoms with E-state index in [0.29, 0.717) is 17.3 Å². The molecule has 4 aliphatic carbocycles. The second-order valence-electron chi connectivity index (χ2n) is 18.4. The Hall–Kier alpha value is -0.790. The van der Waals surface area contributed by atoms with Crippen molar-refractivity contribution in [1.29, 1.82) is 0 Å². The number of allylic oxidation sites excluding steroid dienone is 2. The quantitative estimate of drug-likeness (QED) is 0.0700.